The van der Waals surface area contributed by atoms with Crippen molar-refractivity contribution in [3.63, 3.8) is 0 Å². The molecule has 0 aliphatic carbocycles. The van der Waals surface area contributed by atoms with Crippen LogP contribution >= 0.6 is 0 Å². The smallest absolute Gasteiger partial charge is 0.334 e. The summed E-state index contributed by atoms with van der Waals surface area (Å²) in [6.45, 7) is 0. The molecule has 4 heteroatoms. The van der Waals surface area contributed by atoms with E-state index in [0.717, 1.165) is 10.8 Å². The Hall–Kier alpha value is -2.23. The maximum atomic E-state index is 12.6. The second-order valence-electron chi connectivity index (χ2n) is 3.54. The Bertz CT molecular complexity index is 629. The minimum Gasteiger partial charge on any atom is -0.334 e. The summed E-state index contributed by atoms with van der Waals surface area (Å²) in [7, 11) is 0. The van der Waals surface area contributed by atoms with E-state index in [-0.39, 0.29) is 5.84 Å². The molecule has 1 aliphatic rings. The van der Waals surface area contributed by atoms with Crippen molar-refractivity contribution in [3.05, 3.63) is 36.4 Å². The molecule has 2 aromatic carbocycles. The van der Waals surface area contributed by atoms with Crippen molar-refractivity contribution in [1.82, 2.24) is 0 Å². The molecular formula is C12H7FN2O. The molecule has 0 aromatic heterocycles. The van der Waals surface area contributed by atoms with Crippen molar-refractivity contribution in [2.75, 3.05) is 5.32 Å². The van der Waals surface area contributed by atoms with Crippen LogP contribution < -0.4 is 5.32 Å². The fourth-order valence-corrected chi connectivity index (χ4v) is 1.89. The van der Waals surface area contributed by atoms with Crippen LogP contribution in [-0.2, 0) is 4.79 Å². The van der Waals surface area contributed by atoms with E-state index >= 15 is 0 Å². The zero-order valence-electron chi connectivity index (χ0n) is 8.20. The van der Waals surface area contributed by atoms with Crippen molar-refractivity contribution < 1.29 is 9.18 Å². The molecular weight excluding hydrogens is 207 g/mol. The van der Waals surface area contributed by atoms with Gasteiger partial charge in [-0.15, -0.1) is 0 Å². The fraction of sp³-hybridized carbons (Fsp3) is 0. The van der Waals surface area contributed by atoms with Crippen LogP contribution in [0.3, 0.4) is 0 Å². The highest BCUT2D eigenvalue weighted by Gasteiger charge is 2.18. The summed E-state index contributed by atoms with van der Waals surface area (Å²) in [5.41, 5.74) is 1.33. The van der Waals surface area contributed by atoms with E-state index in [1.807, 2.05) is 24.3 Å². The molecule has 0 unspecified atom stereocenters. The van der Waals surface area contributed by atoms with E-state index in [4.69, 9.17) is 0 Å². The van der Waals surface area contributed by atoms with E-state index < -0.39 is 6.04 Å². The summed E-state index contributed by atoms with van der Waals surface area (Å²) in [5.74, 6) is -0.258. The first-order valence-electron chi connectivity index (χ1n) is 4.83. The van der Waals surface area contributed by atoms with Gasteiger partial charge in [-0.05, 0) is 17.5 Å². The summed E-state index contributed by atoms with van der Waals surface area (Å²) in [4.78, 5) is 14.6. The van der Waals surface area contributed by atoms with E-state index in [1.165, 1.54) is 0 Å². The SMILES string of the molecule is O=C(F)C1=Nc2cccc3cccc(c23)N1. The summed E-state index contributed by atoms with van der Waals surface area (Å²) < 4.78 is 12.6. The zero-order chi connectivity index (χ0) is 11.1. The maximum Gasteiger partial charge on any atom is 0.367 e. The van der Waals surface area contributed by atoms with Gasteiger partial charge in [-0.3, -0.25) is 4.79 Å². The van der Waals surface area contributed by atoms with Crippen LogP contribution in [0.1, 0.15) is 0 Å². The minimum atomic E-state index is -1.55. The number of nitrogens with one attached hydrogen (secondary N) is 1. The number of anilines is 1. The van der Waals surface area contributed by atoms with Gasteiger partial charge in [0, 0.05) is 11.1 Å². The Morgan fingerprint density at radius 2 is 1.94 bits per heavy atom. The lowest BCUT2D eigenvalue weighted by Crippen LogP contribution is -2.21. The highest BCUT2D eigenvalue weighted by Crippen LogP contribution is 2.35. The Morgan fingerprint density at radius 1 is 1.19 bits per heavy atom. The average molecular weight is 214 g/mol. The second-order valence-corrected chi connectivity index (χ2v) is 3.54. The number of carbonyl (C=O) groups is 1. The molecule has 0 bridgehead atoms. The first-order chi connectivity index (χ1) is 7.75. The molecule has 0 radical (unpaired) electrons. The van der Waals surface area contributed by atoms with Crippen LogP contribution in [0, 0.1) is 0 Å². The molecule has 3 rings (SSSR count). The van der Waals surface area contributed by atoms with Gasteiger partial charge in [0.2, 0.25) is 5.84 Å². The molecule has 78 valence electrons. The third-order valence-corrected chi connectivity index (χ3v) is 2.55. The highest BCUT2D eigenvalue weighted by molar-refractivity contribution is 6.42. The predicted octanol–water partition coefficient (Wildman–Crippen LogP) is 2.79. The lowest BCUT2D eigenvalue weighted by molar-refractivity contribution is -0.122. The summed E-state index contributed by atoms with van der Waals surface area (Å²) in [6.07, 6.45) is 0. The Labute approximate surface area is 90.6 Å². The van der Waals surface area contributed by atoms with Crippen LogP contribution in [-0.4, -0.2) is 11.9 Å². The van der Waals surface area contributed by atoms with E-state index in [1.54, 1.807) is 12.1 Å². The molecule has 2 aromatic rings. The lowest BCUT2D eigenvalue weighted by atomic mass is 10.1. The van der Waals surface area contributed by atoms with Gasteiger partial charge in [0.15, 0.2) is 0 Å². The van der Waals surface area contributed by atoms with Crippen LogP contribution in [0.25, 0.3) is 10.8 Å². The number of halogens is 1. The van der Waals surface area contributed by atoms with Gasteiger partial charge in [0.1, 0.15) is 0 Å². The first-order valence-corrected chi connectivity index (χ1v) is 4.83. The van der Waals surface area contributed by atoms with Crippen LogP contribution in [0.4, 0.5) is 15.8 Å². The maximum absolute atomic E-state index is 12.6. The largest absolute Gasteiger partial charge is 0.367 e. The molecule has 1 aliphatic heterocycles. The van der Waals surface area contributed by atoms with Crippen LogP contribution in [0.2, 0.25) is 0 Å². The molecule has 0 fully saturated rings. The molecule has 1 heterocycles. The normalized spacial score (nSPS) is 13.2. The van der Waals surface area contributed by atoms with Gasteiger partial charge >= 0.3 is 6.04 Å². The van der Waals surface area contributed by atoms with Gasteiger partial charge in [0.25, 0.3) is 0 Å². The number of nitrogens with zero attached hydrogens (tertiary/aromatic N) is 1. The Balaban J connectivity index is 2.36. The topological polar surface area (TPSA) is 41.5 Å². The quantitative estimate of drug-likeness (QED) is 0.741. The molecule has 0 saturated heterocycles. The number of benzene rings is 2. The number of rotatable bonds is 1. The van der Waals surface area contributed by atoms with Gasteiger partial charge in [-0.25, -0.2) is 4.99 Å². The molecule has 1 N–H and O–H groups in total. The standard InChI is InChI=1S/C12H7FN2O/c13-11(16)12-14-8-5-1-3-7-4-2-6-9(15-12)10(7)8/h1-6H,(H,14,15). The number of hydrogen-bond acceptors (Lipinski definition) is 3. The Kier molecular flexibility index (Phi) is 1.77. The van der Waals surface area contributed by atoms with Crippen LogP contribution in [0.15, 0.2) is 41.4 Å². The second kappa shape index (κ2) is 3.13. The minimum absolute atomic E-state index is 0.258. The molecule has 3 nitrogen and oxygen atoms in total. The van der Waals surface area contributed by atoms with Crippen molar-refractivity contribution in [2.45, 2.75) is 0 Å². The highest BCUT2D eigenvalue weighted by atomic mass is 19.1. The van der Waals surface area contributed by atoms with E-state index in [9.17, 15) is 9.18 Å². The third kappa shape index (κ3) is 1.20. The van der Waals surface area contributed by atoms with Gasteiger partial charge < -0.3 is 5.32 Å². The lowest BCUT2D eigenvalue weighted by Gasteiger charge is -2.15. The number of carbonyl (C=O) groups excluding carboxylic acids is 1. The van der Waals surface area contributed by atoms with E-state index in [2.05, 4.69) is 10.3 Å². The van der Waals surface area contributed by atoms with Crippen molar-refractivity contribution >= 4 is 34.0 Å². The fourth-order valence-electron chi connectivity index (χ4n) is 1.89. The first kappa shape index (κ1) is 9.03. The Morgan fingerprint density at radius 3 is 2.69 bits per heavy atom. The summed E-state index contributed by atoms with van der Waals surface area (Å²) >= 11 is 0. The van der Waals surface area contributed by atoms with E-state index in [0.29, 0.717) is 11.4 Å². The monoisotopic (exact) mass is 214 g/mol. The van der Waals surface area contributed by atoms with Gasteiger partial charge in [0.05, 0.1) is 5.69 Å². The third-order valence-electron chi connectivity index (χ3n) is 2.55. The number of hydrogen-bond donors (Lipinski definition) is 1. The number of aliphatic imine (C=N–C) groups is 1. The molecule has 0 atom stereocenters. The molecule has 0 amide bonds. The van der Waals surface area contributed by atoms with Crippen molar-refractivity contribution in [1.29, 1.82) is 0 Å². The number of amidine groups is 1. The van der Waals surface area contributed by atoms with Gasteiger partial charge in [-0.2, -0.15) is 4.39 Å². The van der Waals surface area contributed by atoms with Crippen LogP contribution in [0.5, 0.6) is 0 Å². The molecule has 0 spiro atoms. The van der Waals surface area contributed by atoms with Crippen molar-refractivity contribution in [2.24, 2.45) is 4.99 Å². The van der Waals surface area contributed by atoms with Crippen molar-refractivity contribution in [3.8, 4) is 0 Å². The summed E-state index contributed by atoms with van der Waals surface area (Å²) in [5, 5.41) is 4.61. The average Bonchev–Trinajstić information content (AvgIpc) is 2.29. The summed E-state index contributed by atoms with van der Waals surface area (Å²) in [6, 6.07) is 9.57. The predicted molar refractivity (Wildman–Crippen MR) is 60.8 cm³/mol. The van der Waals surface area contributed by atoms with Gasteiger partial charge in [-0.1, -0.05) is 24.3 Å². The molecule has 16 heavy (non-hydrogen) atoms. The molecule has 0 saturated carbocycles. The zero-order valence-corrected chi connectivity index (χ0v) is 8.20.